The lowest BCUT2D eigenvalue weighted by molar-refractivity contribution is 0.435. The number of para-hydroxylation sites is 1. The van der Waals surface area contributed by atoms with Gasteiger partial charge in [-0.2, -0.15) is 0 Å². The van der Waals surface area contributed by atoms with Crippen molar-refractivity contribution < 1.29 is 5.11 Å². The van der Waals surface area contributed by atoms with E-state index < -0.39 is 0 Å². The predicted octanol–water partition coefficient (Wildman–Crippen LogP) is 6.84. The van der Waals surface area contributed by atoms with Gasteiger partial charge in [-0.05, 0) is 42.5 Å². The van der Waals surface area contributed by atoms with E-state index >= 15 is 0 Å². The highest BCUT2D eigenvalue weighted by atomic mass is 16.3. The number of benzene rings is 2. The first-order chi connectivity index (χ1) is 14.2. The fraction of sp³-hybridized carbons (Fsp3) is 0.520. The van der Waals surface area contributed by atoms with E-state index in [2.05, 4.69) is 24.0 Å². The van der Waals surface area contributed by atoms with Crippen LogP contribution in [0, 0.1) is 5.92 Å². The third-order valence-corrected chi connectivity index (χ3v) is 5.79. The van der Waals surface area contributed by atoms with E-state index in [-0.39, 0.29) is 0 Å². The molecule has 1 aromatic heterocycles. The van der Waals surface area contributed by atoms with Gasteiger partial charge in [-0.15, -0.1) is 15.0 Å². The molecule has 0 radical (unpaired) electrons. The Bertz CT molecular complexity index is 854. The topological polar surface area (TPSA) is 50.9 Å². The van der Waals surface area contributed by atoms with Gasteiger partial charge in [0.05, 0.1) is 0 Å². The number of unbranched alkanes of at least 4 members (excludes halogenated alkanes) is 5. The van der Waals surface area contributed by atoms with Crippen molar-refractivity contribution in [1.82, 2.24) is 15.0 Å². The first-order valence-electron chi connectivity index (χ1n) is 11.3. The highest BCUT2D eigenvalue weighted by Gasteiger charge is 2.12. The molecule has 4 nitrogen and oxygen atoms in total. The Labute approximate surface area is 175 Å². The van der Waals surface area contributed by atoms with Crippen LogP contribution in [-0.4, -0.2) is 20.1 Å². The Balaban J connectivity index is 1.50. The summed E-state index contributed by atoms with van der Waals surface area (Å²) in [6.07, 6.45) is 12.7. The molecule has 4 heteroatoms. The molecule has 0 fully saturated rings. The largest absolute Gasteiger partial charge is 0.505 e. The highest BCUT2D eigenvalue weighted by molar-refractivity contribution is 5.73. The Morgan fingerprint density at radius 2 is 1.48 bits per heavy atom. The minimum Gasteiger partial charge on any atom is -0.505 e. The standard InChI is InChI=1S/C25H35N3O/c1-3-4-5-6-7-8-13-20(2)14-11-15-21-16-12-19-24(25(21)29)28-26-22-17-9-10-18-23(22)27-28/h9-10,12,16-20,29H,3-8,11,13-15H2,1-2H3. The number of phenolic OH excluding ortho intramolecular Hbond substituents is 1. The molecule has 1 N–H and O–H groups in total. The van der Waals surface area contributed by atoms with Crippen LogP contribution < -0.4 is 0 Å². The molecule has 1 unspecified atom stereocenters. The van der Waals surface area contributed by atoms with Gasteiger partial charge in [-0.3, -0.25) is 0 Å². The Hall–Kier alpha value is -2.36. The monoisotopic (exact) mass is 393 g/mol. The van der Waals surface area contributed by atoms with E-state index in [1.54, 1.807) is 4.80 Å². The van der Waals surface area contributed by atoms with Crippen LogP contribution in [0.25, 0.3) is 16.7 Å². The quantitative estimate of drug-likeness (QED) is 0.343. The van der Waals surface area contributed by atoms with E-state index in [1.807, 2.05) is 42.5 Å². The molecule has 3 rings (SSSR count). The van der Waals surface area contributed by atoms with Gasteiger partial charge in [0, 0.05) is 0 Å². The second-order valence-electron chi connectivity index (χ2n) is 8.32. The van der Waals surface area contributed by atoms with Gasteiger partial charge in [0.1, 0.15) is 22.5 Å². The molecule has 0 saturated carbocycles. The zero-order valence-corrected chi connectivity index (χ0v) is 18.0. The maximum atomic E-state index is 10.8. The van der Waals surface area contributed by atoms with Crippen LogP contribution in [0.3, 0.4) is 0 Å². The normalized spacial score (nSPS) is 12.5. The molecular weight excluding hydrogens is 358 g/mol. The Kier molecular flexibility index (Phi) is 8.09. The number of rotatable bonds is 12. The van der Waals surface area contributed by atoms with Crippen LogP contribution in [0.1, 0.15) is 77.2 Å². The van der Waals surface area contributed by atoms with Gasteiger partial charge in [0.25, 0.3) is 0 Å². The average Bonchev–Trinajstić information content (AvgIpc) is 3.16. The minimum atomic E-state index is 0.302. The van der Waals surface area contributed by atoms with E-state index in [9.17, 15) is 5.11 Å². The fourth-order valence-electron chi connectivity index (χ4n) is 3.97. The molecule has 0 aliphatic rings. The third-order valence-electron chi connectivity index (χ3n) is 5.79. The van der Waals surface area contributed by atoms with Crippen molar-refractivity contribution in [1.29, 1.82) is 0 Å². The maximum Gasteiger partial charge on any atom is 0.146 e. The summed E-state index contributed by atoms with van der Waals surface area (Å²) in [5.74, 6) is 1.06. The molecule has 0 aliphatic carbocycles. The molecule has 0 bridgehead atoms. The SMILES string of the molecule is CCCCCCCCC(C)CCCc1cccc(-n2nc3ccccc3n2)c1O. The smallest absolute Gasteiger partial charge is 0.146 e. The van der Waals surface area contributed by atoms with Crippen LogP contribution in [0.2, 0.25) is 0 Å². The van der Waals surface area contributed by atoms with Crippen molar-refractivity contribution in [3.8, 4) is 11.4 Å². The van der Waals surface area contributed by atoms with Crippen LogP contribution >= 0.6 is 0 Å². The van der Waals surface area contributed by atoms with Crippen LogP contribution in [0.5, 0.6) is 5.75 Å². The summed E-state index contributed by atoms with van der Waals surface area (Å²) in [6.45, 7) is 4.63. The minimum absolute atomic E-state index is 0.302. The number of hydrogen-bond donors (Lipinski definition) is 1. The number of hydrogen-bond acceptors (Lipinski definition) is 3. The summed E-state index contributed by atoms with van der Waals surface area (Å²) in [7, 11) is 0. The molecule has 2 aromatic carbocycles. The summed E-state index contributed by atoms with van der Waals surface area (Å²) >= 11 is 0. The summed E-state index contributed by atoms with van der Waals surface area (Å²) in [4.78, 5) is 1.55. The lowest BCUT2D eigenvalue weighted by atomic mass is 9.95. The molecule has 0 amide bonds. The highest BCUT2D eigenvalue weighted by Crippen LogP contribution is 2.28. The second kappa shape index (κ2) is 11.0. The van der Waals surface area contributed by atoms with E-state index in [0.717, 1.165) is 35.4 Å². The number of aryl methyl sites for hydroxylation is 1. The lowest BCUT2D eigenvalue weighted by Gasteiger charge is -2.12. The van der Waals surface area contributed by atoms with Crippen LogP contribution in [0.4, 0.5) is 0 Å². The second-order valence-corrected chi connectivity index (χ2v) is 8.32. The molecule has 3 aromatic rings. The molecule has 1 atom stereocenters. The zero-order valence-electron chi connectivity index (χ0n) is 18.0. The zero-order chi connectivity index (χ0) is 20.5. The molecule has 1 heterocycles. The number of aromatic nitrogens is 3. The molecule has 0 spiro atoms. The third kappa shape index (κ3) is 6.06. The fourth-order valence-corrected chi connectivity index (χ4v) is 3.97. The molecular formula is C25H35N3O. The van der Waals surface area contributed by atoms with E-state index in [4.69, 9.17) is 0 Å². The molecule has 0 aliphatic heterocycles. The molecule has 156 valence electrons. The number of nitrogens with zero attached hydrogens (tertiary/aromatic N) is 3. The summed E-state index contributed by atoms with van der Waals surface area (Å²) in [6, 6.07) is 13.6. The van der Waals surface area contributed by atoms with E-state index in [1.165, 1.54) is 51.4 Å². The van der Waals surface area contributed by atoms with Gasteiger partial charge in [-0.1, -0.05) is 89.5 Å². The Morgan fingerprint density at radius 1 is 0.828 bits per heavy atom. The lowest BCUT2D eigenvalue weighted by Crippen LogP contribution is -2.01. The van der Waals surface area contributed by atoms with Gasteiger partial charge >= 0.3 is 0 Å². The Morgan fingerprint density at radius 3 is 2.21 bits per heavy atom. The number of aromatic hydroxyl groups is 1. The number of fused-ring (bicyclic) bond motifs is 1. The molecule has 0 saturated heterocycles. The number of phenols is 1. The van der Waals surface area contributed by atoms with Crippen molar-refractivity contribution in [2.45, 2.75) is 78.1 Å². The predicted molar refractivity (Wildman–Crippen MR) is 121 cm³/mol. The van der Waals surface area contributed by atoms with Crippen molar-refractivity contribution in [3.05, 3.63) is 48.0 Å². The summed E-state index contributed by atoms with van der Waals surface area (Å²) in [5, 5.41) is 19.8. The summed E-state index contributed by atoms with van der Waals surface area (Å²) in [5.41, 5.74) is 3.30. The van der Waals surface area contributed by atoms with E-state index in [0.29, 0.717) is 11.4 Å². The van der Waals surface area contributed by atoms with Gasteiger partial charge in [0.15, 0.2) is 0 Å². The van der Waals surface area contributed by atoms with Gasteiger partial charge in [0.2, 0.25) is 0 Å². The van der Waals surface area contributed by atoms with Crippen LogP contribution in [0.15, 0.2) is 42.5 Å². The van der Waals surface area contributed by atoms with Crippen molar-refractivity contribution in [2.75, 3.05) is 0 Å². The van der Waals surface area contributed by atoms with Crippen molar-refractivity contribution in [2.24, 2.45) is 5.92 Å². The maximum absolute atomic E-state index is 10.8. The van der Waals surface area contributed by atoms with Gasteiger partial charge in [-0.25, -0.2) is 0 Å². The average molecular weight is 394 g/mol. The van der Waals surface area contributed by atoms with Crippen molar-refractivity contribution >= 4 is 11.0 Å². The first kappa shape index (κ1) is 21.4. The van der Waals surface area contributed by atoms with Crippen LogP contribution in [-0.2, 0) is 6.42 Å². The summed E-state index contributed by atoms with van der Waals surface area (Å²) < 4.78 is 0. The first-order valence-corrected chi connectivity index (χ1v) is 11.3. The van der Waals surface area contributed by atoms with Crippen molar-refractivity contribution in [3.63, 3.8) is 0 Å². The molecule has 29 heavy (non-hydrogen) atoms. The van der Waals surface area contributed by atoms with Gasteiger partial charge < -0.3 is 5.11 Å².